The van der Waals surface area contributed by atoms with E-state index in [1.165, 1.54) is 42.1 Å². The van der Waals surface area contributed by atoms with Gasteiger partial charge in [0.2, 0.25) is 5.91 Å². The third-order valence-corrected chi connectivity index (χ3v) is 5.81. The van der Waals surface area contributed by atoms with Gasteiger partial charge in [0.15, 0.2) is 5.82 Å². The molecule has 27 heavy (non-hydrogen) atoms. The van der Waals surface area contributed by atoms with Crippen molar-refractivity contribution in [3.8, 4) is 0 Å². The Morgan fingerprint density at radius 1 is 1.11 bits per heavy atom. The molecule has 0 aliphatic rings. The molecule has 0 spiro atoms. The molecule has 0 aliphatic heterocycles. The Labute approximate surface area is 161 Å². The first-order valence-electron chi connectivity index (χ1n) is 7.96. The van der Waals surface area contributed by atoms with Crippen LogP contribution in [-0.2, 0) is 14.8 Å². The smallest absolute Gasteiger partial charge is 0.263 e. The monoisotopic (exact) mass is 403 g/mol. The number of aromatic nitrogens is 1. The fraction of sp³-hybridized carbons (Fsp3) is 0.111. The molecule has 1 heterocycles. The minimum absolute atomic E-state index is 0.0554. The van der Waals surface area contributed by atoms with Gasteiger partial charge in [-0.15, -0.1) is 11.8 Å². The minimum Gasteiger partial charge on any atom is -0.360 e. The van der Waals surface area contributed by atoms with Crippen LogP contribution in [-0.4, -0.2) is 25.2 Å². The molecule has 0 saturated carbocycles. The van der Waals surface area contributed by atoms with Gasteiger partial charge in [-0.25, -0.2) is 8.42 Å². The number of carbonyl (C=O) groups excluding carboxylic acids is 1. The van der Waals surface area contributed by atoms with Crippen molar-refractivity contribution in [2.75, 3.05) is 15.8 Å². The summed E-state index contributed by atoms with van der Waals surface area (Å²) < 4.78 is 31.8. The van der Waals surface area contributed by atoms with E-state index in [1.807, 2.05) is 30.3 Å². The minimum atomic E-state index is -3.78. The Balaban J connectivity index is 1.58. The molecule has 9 heteroatoms. The number of rotatable bonds is 7. The molecule has 0 saturated heterocycles. The summed E-state index contributed by atoms with van der Waals surface area (Å²) >= 11 is 1.42. The molecule has 2 aromatic carbocycles. The van der Waals surface area contributed by atoms with Gasteiger partial charge in [0.1, 0.15) is 5.76 Å². The summed E-state index contributed by atoms with van der Waals surface area (Å²) in [5.74, 6) is 0.703. The zero-order chi connectivity index (χ0) is 19.3. The summed E-state index contributed by atoms with van der Waals surface area (Å²) in [5, 5.41) is 6.35. The van der Waals surface area contributed by atoms with Crippen LogP contribution in [0.3, 0.4) is 0 Å². The lowest BCUT2D eigenvalue weighted by Gasteiger charge is -2.08. The van der Waals surface area contributed by atoms with Gasteiger partial charge in [0.05, 0.1) is 10.6 Å². The zero-order valence-electron chi connectivity index (χ0n) is 14.4. The first-order chi connectivity index (χ1) is 12.9. The van der Waals surface area contributed by atoms with Crippen LogP contribution in [0.1, 0.15) is 5.76 Å². The topological polar surface area (TPSA) is 101 Å². The summed E-state index contributed by atoms with van der Waals surface area (Å²) in [7, 11) is -3.78. The largest absolute Gasteiger partial charge is 0.360 e. The summed E-state index contributed by atoms with van der Waals surface area (Å²) in [6, 6.07) is 17.0. The molecule has 7 nitrogen and oxygen atoms in total. The average molecular weight is 403 g/mol. The van der Waals surface area contributed by atoms with Gasteiger partial charge in [0.25, 0.3) is 10.0 Å². The lowest BCUT2D eigenvalue weighted by atomic mass is 10.3. The second-order valence-electron chi connectivity index (χ2n) is 5.60. The Bertz CT molecular complexity index is 1020. The molecule has 1 aromatic heterocycles. The van der Waals surface area contributed by atoms with Gasteiger partial charge in [0, 0.05) is 16.6 Å². The lowest BCUT2D eigenvalue weighted by Crippen LogP contribution is -2.15. The number of sulfonamides is 1. The first-order valence-corrected chi connectivity index (χ1v) is 10.4. The molecule has 3 aromatic rings. The molecular weight excluding hydrogens is 386 g/mol. The Hall–Kier alpha value is -2.78. The first kappa shape index (κ1) is 19.0. The SMILES string of the molecule is Cc1cc(NS(=O)(=O)c2ccc(NC(=O)CSc3ccccc3)cc2)no1. The van der Waals surface area contributed by atoms with E-state index in [0.717, 1.165) is 4.90 Å². The van der Waals surface area contributed by atoms with Crippen LogP contribution in [0, 0.1) is 6.92 Å². The van der Waals surface area contributed by atoms with Crippen LogP contribution >= 0.6 is 11.8 Å². The molecule has 0 atom stereocenters. The van der Waals surface area contributed by atoms with Crippen LogP contribution in [0.5, 0.6) is 0 Å². The summed E-state index contributed by atoms with van der Waals surface area (Å²) in [6.45, 7) is 1.67. The number of hydrogen-bond acceptors (Lipinski definition) is 6. The van der Waals surface area contributed by atoms with Gasteiger partial charge >= 0.3 is 0 Å². The Morgan fingerprint density at radius 3 is 2.44 bits per heavy atom. The van der Waals surface area contributed by atoms with E-state index in [1.54, 1.807) is 6.92 Å². The molecule has 3 rings (SSSR count). The number of nitrogens with one attached hydrogen (secondary N) is 2. The molecular formula is C18H17N3O4S2. The van der Waals surface area contributed by atoms with Crippen LogP contribution in [0.15, 0.2) is 75.0 Å². The quantitative estimate of drug-likeness (QED) is 0.586. The zero-order valence-corrected chi connectivity index (χ0v) is 16.0. The highest BCUT2D eigenvalue weighted by atomic mass is 32.2. The molecule has 0 bridgehead atoms. The van der Waals surface area contributed by atoms with E-state index >= 15 is 0 Å². The highest BCUT2D eigenvalue weighted by molar-refractivity contribution is 8.00. The molecule has 0 fully saturated rings. The van der Waals surface area contributed by atoms with E-state index in [2.05, 4.69) is 15.2 Å². The lowest BCUT2D eigenvalue weighted by molar-refractivity contribution is -0.113. The predicted octanol–water partition coefficient (Wildman–Crippen LogP) is 3.51. The fourth-order valence-corrected chi connectivity index (χ4v) is 3.89. The average Bonchev–Trinajstić information content (AvgIpc) is 3.05. The van der Waals surface area contributed by atoms with Gasteiger partial charge < -0.3 is 9.84 Å². The molecule has 0 unspecified atom stereocenters. The standard InChI is InChI=1S/C18H17N3O4S2/c1-13-11-17(20-25-13)21-27(23,24)16-9-7-14(8-10-16)19-18(22)12-26-15-5-3-2-4-6-15/h2-11H,12H2,1H3,(H,19,22)(H,20,21). The van der Waals surface area contributed by atoms with Crippen molar-refractivity contribution in [2.24, 2.45) is 0 Å². The van der Waals surface area contributed by atoms with Gasteiger partial charge in [-0.05, 0) is 43.3 Å². The number of carbonyl (C=O) groups is 1. The van der Waals surface area contributed by atoms with Crippen LogP contribution in [0.25, 0.3) is 0 Å². The number of amides is 1. The van der Waals surface area contributed by atoms with Crippen molar-refractivity contribution in [1.29, 1.82) is 0 Å². The number of aryl methyl sites for hydroxylation is 1. The van der Waals surface area contributed by atoms with Gasteiger partial charge in [-0.2, -0.15) is 0 Å². The number of thioether (sulfide) groups is 1. The maximum absolute atomic E-state index is 12.3. The second kappa shape index (κ2) is 8.28. The van der Waals surface area contributed by atoms with Crippen molar-refractivity contribution in [2.45, 2.75) is 16.7 Å². The molecule has 0 aliphatic carbocycles. The summed E-state index contributed by atoms with van der Waals surface area (Å²) in [4.78, 5) is 13.1. The summed E-state index contributed by atoms with van der Waals surface area (Å²) in [5.41, 5.74) is 0.518. The second-order valence-corrected chi connectivity index (χ2v) is 8.33. The molecule has 2 N–H and O–H groups in total. The van der Waals surface area contributed by atoms with Gasteiger partial charge in [-0.1, -0.05) is 23.4 Å². The normalized spacial score (nSPS) is 11.1. The number of anilines is 2. The highest BCUT2D eigenvalue weighted by Gasteiger charge is 2.16. The third kappa shape index (κ3) is 5.35. The van der Waals surface area contributed by atoms with E-state index in [-0.39, 0.29) is 22.4 Å². The third-order valence-electron chi connectivity index (χ3n) is 3.43. The van der Waals surface area contributed by atoms with Crippen molar-refractivity contribution < 1.29 is 17.7 Å². The number of hydrogen-bond donors (Lipinski definition) is 2. The van der Waals surface area contributed by atoms with Crippen LogP contribution < -0.4 is 10.0 Å². The Morgan fingerprint density at radius 2 is 1.81 bits per heavy atom. The maximum Gasteiger partial charge on any atom is 0.263 e. The fourth-order valence-electron chi connectivity index (χ4n) is 2.19. The van der Waals surface area contributed by atoms with Crippen LogP contribution in [0.4, 0.5) is 11.5 Å². The highest BCUT2D eigenvalue weighted by Crippen LogP contribution is 2.20. The Kier molecular flexibility index (Phi) is 5.82. The van der Waals surface area contributed by atoms with Gasteiger partial charge in [-0.3, -0.25) is 9.52 Å². The number of nitrogens with zero attached hydrogens (tertiary/aromatic N) is 1. The molecule has 140 valence electrons. The van der Waals surface area contributed by atoms with Crippen molar-refractivity contribution >= 4 is 39.2 Å². The summed E-state index contributed by atoms with van der Waals surface area (Å²) in [6.07, 6.45) is 0. The molecule has 0 radical (unpaired) electrons. The van der Waals surface area contributed by atoms with E-state index in [9.17, 15) is 13.2 Å². The van der Waals surface area contributed by atoms with E-state index in [0.29, 0.717) is 11.4 Å². The van der Waals surface area contributed by atoms with E-state index in [4.69, 9.17) is 4.52 Å². The molecule has 1 amide bonds. The number of benzene rings is 2. The maximum atomic E-state index is 12.3. The van der Waals surface area contributed by atoms with E-state index < -0.39 is 10.0 Å². The van der Waals surface area contributed by atoms with Crippen LogP contribution in [0.2, 0.25) is 0 Å². The van der Waals surface area contributed by atoms with Crippen molar-refractivity contribution in [1.82, 2.24) is 5.16 Å². The van der Waals surface area contributed by atoms with Crippen molar-refractivity contribution in [3.63, 3.8) is 0 Å². The predicted molar refractivity (Wildman–Crippen MR) is 104 cm³/mol. The van der Waals surface area contributed by atoms with Crippen molar-refractivity contribution in [3.05, 3.63) is 66.4 Å².